The summed E-state index contributed by atoms with van der Waals surface area (Å²) in [5.74, 6) is 1.52. The predicted octanol–water partition coefficient (Wildman–Crippen LogP) is 11.7. The second-order valence-corrected chi connectivity index (χ2v) is 13.1. The summed E-state index contributed by atoms with van der Waals surface area (Å²) in [6.45, 7) is 4.34. The molecule has 0 fully saturated rings. The molecule has 0 atom stereocenters. The van der Waals surface area contributed by atoms with Crippen LogP contribution in [0.4, 0.5) is 0 Å². The van der Waals surface area contributed by atoms with Crippen molar-refractivity contribution in [2.24, 2.45) is 0 Å². The van der Waals surface area contributed by atoms with E-state index in [-0.39, 0.29) is 0 Å². The molecule has 9 rings (SSSR count). The van der Waals surface area contributed by atoms with E-state index in [1.165, 1.54) is 38.9 Å². The molecule has 1 aliphatic rings. The number of rotatable bonds is 6. The van der Waals surface area contributed by atoms with E-state index in [4.69, 9.17) is 14.7 Å². The first-order valence-corrected chi connectivity index (χ1v) is 17.1. The molecule has 0 N–H and O–H groups in total. The van der Waals surface area contributed by atoms with Gasteiger partial charge in [0.2, 0.25) is 0 Å². The summed E-state index contributed by atoms with van der Waals surface area (Å²) >= 11 is 0. The topological polar surface area (TPSA) is 35.0 Å². The van der Waals surface area contributed by atoms with Crippen LogP contribution in [0.5, 0.6) is 11.5 Å². The fraction of sp³-hybridized carbons (Fsp3) is 0.0638. The highest BCUT2D eigenvalue weighted by Gasteiger charge is 2.47. The maximum absolute atomic E-state index is 6.88. The van der Waals surface area contributed by atoms with Gasteiger partial charge in [0.1, 0.15) is 11.5 Å². The minimum atomic E-state index is -0.603. The van der Waals surface area contributed by atoms with Gasteiger partial charge in [-0.25, -0.2) is 4.98 Å². The van der Waals surface area contributed by atoms with Gasteiger partial charge in [-0.3, -0.25) is 4.98 Å². The first-order chi connectivity index (χ1) is 24.6. The summed E-state index contributed by atoms with van der Waals surface area (Å²) in [6, 6.07) is 57.6. The molecule has 0 aliphatic heterocycles. The molecule has 0 saturated heterocycles. The molecule has 8 aromatic rings. The Morgan fingerprint density at radius 2 is 1.20 bits per heavy atom. The SMILES string of the molecule is Cc1cccc(C)c1-c1cc(Oc2cccc(C3(c4ccccn4)c4ccccc4-c4ccccc43)c2)cc(-c2ccc3ccccc3n2)c1. The third-order valence-corrected chi connectivity index (χ3v) is 10.1. The first kappa shape index (κ1) is 29.8. The summed E-state index contributed by atoms with van der Waals surface area (Å²) in [4.78, 5) is 10.1. The van der Waals surface area contributed by atoms with Crippen LogP contribution in [0.1, 0.15) is 33.5 Å². The van der Waals surface area contributed by atoms with Crippen molar-refractivity contribution in [2.45, 2.75) is 19.3 Å². The summed E-state index contributed by atoms with van der Waals surface area (Å²) < 4.78 is 6.88. The number of ether oxygens (including phenoxy) is 1. The summed E-state index contributed by atoms with van der Waals surface area (Å²) in [7, 11) is 0. The van der Waals surface area contributed by atoms with Crippen molar-refractivity contribution < 1.29 is 4.74 Å². The zero-order valence-electron chi connectivity index (χ0n) is 28.0. The molecule has 0 spiro atoms. The lowest BCUT2D eigenvalue weighted by molar-refractivity contribution is 0.481. The maximum atomic E-state index is 6.88. The third kappa shape index (κ3) is 4.82. The smallest absolute Gasteiger partial charge is 0.128 e. The standard InChI is InChI=1S/C47H34N2O/c1-31-13-11-14-32(2)46(31)35-27-34(44-25-24-33-15-3-8-22-43(33)49-44)28-38(29-35)50-37-17-12-16-36(30-37)47(45-23-9-10-26-48-45)41-20-6-4-18-39(41)40-19-5-7-21-42(40)47/h3-30H,1-2H3. The third-order valence-electron chi connectivity index (χ3n) is 10.1. The molecule has 0 unspecified atom stereocenters. The lowest BCUT2D eigenvalue weighted by Crippen LogP contribution is -2.29. The van der Waals surface area contributed by atoms with Crippen molar-refractivity contribution in [1.29, 1.82) is 0 Å². The lowest BCUT2D eigenvalue weighted by atomic mass is 9.70. The number of hydrogen-bond donors (Lipinski definition) is 0. The van der Waals surface area contributed by atoms with Crippen molar-refractivity contribution in [3.05, 3.63) is 203 Å². The molecule has 238 valence electrons. The van der Waals surface area contributed by atoms with E-state index in [0.717, 1.165) is 50.5 Å². The van der Waals surface area contributed by atoms with E-state index in [0.29, 0.717) is 0 Å². The van der Waals surface area contributed by atoms with Crippen molar-refractivity contribution in [3.8, 4) is 45.0 Å². The van der Waals surface area contributed by atoms with Crippen LogP contribution in [-0.4, -0.2) is 9.97 Å². The quantitative estimate of drug-likeness (QED) is 0.181. The Morgan fingerprint density at radius 3 is 1.96 bits per heavy atom. The Kier molecular flexibility index (Phi) is 7.14. The van der Waals surface area contributed by atoms with Gasteiger partial charge in [0.25, 0.3) is 0 Å². The summed E-state index contributed by atoms with van der Waals surface area (Å²) in [5, 5.41) is 1.12. The molecular formula is C47H34N2O. The van der Waals surface area contributed by atoms with Gasteiger partial charge in [-0.15, -0.1) is 0 Å². The Hall–Kier alpha value is -6.32. The first-order valence-electron chi connectivity index (χ1n) is 17.1. The number of hydrogen-bond acceptors (Lipinski definition) is 3. The Labute approximate surface area is 292 Å². The minimum absolute atomic E-state index is 0.603. The number of fused-ring (bicyclic) bond motifs is 4. The zero-order chi connectivity index (χ0) is 33.7. The van der Waals surface area contributed by atoms with Crippen LogP contribution in [0.2, 0.25) is 0 Å². The monoisotopic (exact) mass is 642 g/mol. The Balaban J connectivity index is 1.21. The second kappa shape index (κ2) is 12.0. The van der Waals surface area contributed by atoms with Crippen LogP contribution < -0.4 is 4.74 Å². The maximum Gasteiger partial charge on any atom is 0.128 e. The van der Waals surface area contributed by atoms with Gasteiger partial charge in [-0.2, -0.15) is 0 Å². The van der Waals surface area contributed by atoms with E-state index in [1.54, 1.807) is 0 Å². The molecule has 6 aromatic carbocycles. The van der Waals surface area contributed by atoms with Gasteiger partial charge in [0.15, 0.2) is 0 Å². The van der Waals surface area contributed by atoms with Crippen LogP contribution in [0.15, 0.2) is 170 Å². The molecule has 1 aliphatic carbocycles. The van der Waals surface area contributed by atoms with Crippen LogP contribution in [0.3, 0.4) is 0 Å². The van der Waals surface area contributed by atoms with Crippen LogP contribution >= 0.6 is 0 Å². The van der Waals surface area contributed by atoms with Crippen molar-refractivity contribution in [2.75, 3.05) is 0 Å². The fourth-order valence-electron chi connectivity index (χ4n) is 7.93. The number of benzene rings is 6. The van der Waals surface area contributed by atoms with Gasteiger partial charge in [0.05, 0.1) is 22.3 Å². The van der Waals surface area contributed by atoms with Gasteiger partial charge in [0, 0.05) is 17.1 Å². The summed E-state index contributed by atoms with van der Waals surface area (Å²) in [5.41, 5.74) is 14.0. The molecule has 50 heavy (non-hydrogen) atoms. The molecule has 2 heterocycles. The van der Waals surface area contributed by atoms with Crippen LogP contribution in [-0.2, 0) is 5.41 Å². The average Bonchev–Trinajstić information content (AvgIpc) is 3.46. The molecule has 2 aromatic heterocycles. The largest absolute Gasteiger partial charge is 0.457 e. The highest BCUT2D eigenvalue weighted by Crippen LogP contribution is 2.55. The number of para-hydroxylation sites is 1. The molecule has 0 radical (unpaired) electrons. The number of aromatic nitrogens is 2. The zero-order valence-corrected chi connectivity index (χ0v) is 28.0. The predicted molar refractivity (Wildman–Crippen MR) is 204 cm³/mol. The van der Waals surface area contributed by atoms with Gasteiger partial charge < -0.3 is 4.74 Å². The number of nitrogens with zero attached hydrogens (tertiary/aromatic N) is 2. The van der Waals surface area contributed by atoms with Crippen molar-refractivity contribution >= 4 is 10.9 Å². The number of pyridine rings is 2. The lowest BCUT2D eigenvalue weighted by Gasteiger charge is -2.32. The fourth-order valence-corrected chi connectivity index (χ4v) is 7.93. The van der Waals surface area contributed by atoms with E-state index >= 15 is 0 Å². The van der Waals surface area contributed by atoms with E-state index in [9.17, 15) is 0 Å². The highest BCUT2D eigenvalue weighted by molar-refractivity contribution is 5.86. The van der Waals surface area contributed by atoms with Crippen LogP contribution in [0.25, 0.3) is 44.4 Å². The Morgan fingerprint density at radius 1 is 0.520 bits per heavy atom. The van der Waals surface area contributed by atoms with Gasteiger partial charge >= 0.3 is 0 Å². The second-order valence-electron chi connectivity index (χ2n) is 13.1. The van der Waals surface area contributed by atoms with Crippen molar-refractivity contribution in [3.63, 3.8) is 0 Å². The summed E-state index contributed by atoms with van der Waals surface area (Å²) in [6.07, 6.45) is 1.89. The van der Waals surface area contributed by atoms with Gasteiger partial charge in [-0.1, -0.05) is 109 Å². The normalized spacial score (nSPS) is 12.8. The molecule has 0 bridgehead atoms. The highest BCUT2D eigenvalue weighted by atomic mass is 16.5. The molecule has 3 heteroatoms. The molecule has 0 saturated carbocycles. The van der Waals surface area contributed by atoms with Crippen LogP contribution in [0, 0.1) is 13.8 Å². The minimum Gasteiger partial charge on any atom is -0.457 e. The van der Waals surface area contributed by atoms with Crippen molar-refractivity contribution in [1.82, 2.24) is 9.97 Å². The number of aryl methyl sites for hydroxylation is 2. The molecule has 3 nitrogen and oxygen atoms in total. The molecular weight excluding hydrogens is 609 g/mol. The van der Waals surface area contributed by atoms with E-state index in [1.807, 2.05) is 30.5 Å². The Bertz CT molecular complexity index is 2490. The molecule has 0 amide bonds. The van der Waals surface area contributed by atoms with E-state index < -0.39 is 5.41 Å². The van der Waals surface area contributed by atoms with E-state index in [2.05, 4.69) is 153 Å². The van der Waals surface area contributed by atoms with Gasteiger partial charge in [-0.05, 0) is 119 Å². The average molecular weight is 643 g/mol.